The summed E-state index contributed by atoms with van der Waals surface area (Å²) in [7, 11) is 1.66. The lowest BCUT2D eigenvalue weighted by atomic mass is 10.1. The molecule has 1 aromatic rings. The van der Waals surface area contributed by atoms with Crippen molar-refractivity contribution in [3.63, 3.8) is 0 Å². The fourth-order valence-electron chi connectivity index (χ4n) is 1.40. The molecule has 1 aromatic carbocycles. The predicted molar refractivity (Wildman–Crippen MR) is 65.8 cm³/mol. The minimum atomic E-state index is -4.67. The Labute approximate surface area is 104 Å². The van der Waals surface area contributed by atoms with Crippen LogP contribution >= 0.6 is 0 Å². The molecule has 0 N–H and O–H groups in total. The molecule has 0 atom stereocenters. The zero-order valence-corrected chi connectivity index (χ0v) is 10.4. The fraction of sp³-hybridized carbons (Fsp3) is 0.308. The van der Waals surface area contributed by atoms with E-state index in [-0.39, 0.29) is 5.75 Å². The molecule has 0 amide bonds. The molecular weight excluding hydrogens is 243 g/mol. The third-order valence-electron chi connectivity index (χ3n) is 2.30. The molecule has 0 radical (unpaired) electrons. The second kappa shape index (κ2) is 5.71. The van der Waals surface area contributed by atoms with Crippen LogP contribution < -0.4 is 4.74 Å². The third-order valence-corrected chi connectivity index (χ3v) is 2.30. The van der Waals surface area contributed by atoms with Crippen molar-refractivity contribution in [1.82, 2.24) is 0 Å². The zero-order valence-electron chi connectivity index (χ0n) is 10.4. The molecule has 0 aromatic heterocycles. The average Bonchev–Trinajstić information content (AvgIpc) is 2.26. The third kappa shape index (κ3) is 4.61. The summed E-state index contributed by atoms with van der Waals surface area (Å²) in [5.74, 6) is -0.223. The van der Waals surface area contributed by atoms with Gasteiger partial charge in [0.2, 0.25) is 0 Å². The van der Waals surface area contributed by atoms with Gasteiger partial charge in [-0.3, -0.25) is 4.99 Å². The van der Waals surface area contributed by atoms with Crippen LogP contribution in [0.15, 0.2) is 35.3 Å². The van der Waals surface area contributed by atoms with E-state index in [4.69, 9.17) is 0 Å². The Morgan fingerprint density at radius 3 is 2.50 bits per heavy atom. The number of hydrogen-bond donors (Lipinski definition) is 0. The Morgan fingerprint density at radius 1 is 1.28 bits per heavy atom. The number of nitrogens with zero attached hydrogens (tertiary/aromatic N) is 1. The van der Waals surface area contributed by atoms with Crippen LogP contribution in [-0.2, 0) is 0 Å². The maximum atomic E-state index is 12.1. The summed E-state index contributed by atoms with van der Waals surface area (Å²) < 4.78 is 40.1. The first-order valence-electron chi connectivity index (χ1n) is 5.29. The van der Waals surface area contributed by atoms with E-state index in [9.17, 15) is 13.2 Å². The van der Waals surface area contributed by atoms with Crippen LogP contribution in [0.3, 0.4) is 0 Å². The van der Waals surface area contributed by atoms with Crippen LogP contribution in [0.1, 0.15) is 19.4 Å². The van der Waals surface area contributed by atoms with Crippen molar-refractivity contribution in [1.29, 1.82) is 0 Å². The second-order valence-corrected chi connectivity index (χ2v) is 3.77. The van der Waals surface area contributed by atoms with E-state index in [0.717, 1.165) is 11.3 Å². The highest BCUT2D eigenvalue weighted by Gasteiger charge is 2.31. The molecular formula is C13H14F3NO. The molecule has 0 bridgehead atoms. The van der Waals surface area contributed by atoms with Gasteiger partial charge in [0.05, 0.1) is 0 Å². The van der Waals surface area contributed by atoms with Crippen molar-refractivity contribution in [2.24, 2.45) is 4.99 Å². The molecule has 5 heteroatoms. The van der Waals surface area contributed by atoms with E-state index in [1.807, 2.05) is 6.92 Å². The van der Waals surface area contributed by atoms with Crippen LogP contribution in [-0.4, -0.2) is 19.1 Å². The highest BCUT2D eigenvalue weighted by molar-refractivity contribution is 5.98. The Kier molecular flexibility index (Phi) is 4.53. The summed E-state index contributed by atoms with van der Waals surface area (Å²) >= 11 is 0. The summed E-state index contributed by atoms with van der Waals surface area (Å²) in [6, 6.07) is 5.86. The van der Waals surface area contributed by atoms with Gasteiger partial charge in [-0.2, -0.15) is 0 Å². The lowest BCUT2D eigenvalue weighted by Crippen LogP contribution is -2.17. The number of hydrogen-bond acceptors (Lipinski definition) is 2. The normalized spacial score (nSPS) is 13.7. The van der Waals surface area contributed by atoms with Gasteiger partial charge in [-0.05, 0) is 43.2 Å². The number of benzene rings is 1. The van der Waals surface area contributed by atoms with Gasteiger partial charge in [0.15, 0.2) is 0 Å². The molecule has 0 saturated heterocycles. The highest BCUT2D eigenvalue weighted by atomic mass is 19.4. The molecule has 0 aliphatic heterocycles. The van der Waals surface area contributed by atoms with Crippen molar-refractivity contribution in [3.05, 3.63) is 35.9 Å². The van der Waals surface area contributed by atoms with Gasteiger partial charge in [-0.15, -0.1) is 13.2 Å². The largest absolute Gasteiger partial charge is 0.573 e. The Balaban J connectivity index is 2.99. The number of ether oxygens (including phenoxy) is 1. The molecule has 0 aliphatic rings. The zero-order chi connectivity index (χ0) is 13.8. The first-order chi connectivity index (χ1) is 8.31. The summed E-state index contributed by atoms with van der Waals surface area (Å²) in [4.78, 5) is 3.96. The minimum Gasteiger partial charge on any atom is -0.406 e. The van der Waals surface area contributed by atoms with Crippen LogP contribution in [0.2, 0.25) is 0 Å². The summed E-state index contributed by atoms with van der Waals surface area (Å²) in [5.41, 5.74) is 2.29. The van der Waals surface area contributed by atoms with Crippen molar-refractivity contribution in [3.8, 4) is 5.75 Å². The minimum absolute atomic E-state index is 0.223. The first-order valence-corrected chi connectivity index (χ1v) is 5.29. The lowest BCUT2D eigenvalue weighted by molar-refractivity contribution is -0.274. The maximum Gasteiger partial charge on any atom is 0.573 e. The molecule has 0 spiro atoms. The smallest absolute Gasteiger partial charge is 0.406 e. The van der Waals surface area contributed by atoms with Crippen molar-refractivity contribution < 1.29 is 17.9 Å². The summed E-state index contributed by atoms with van der Waals surface area (Å²) in [5, 5.41) is 0. The number of rotatable bonds is 3. The van der Waals surface area contributed by atoms with Gasteiger partial charge in [-0.1, -0.05) is 12.1 Å². The Bertz CT molecular complexity index is 475. The molecule has 98 valence electrons. The van der Waals surface area contributed by atoms with Crippen LogP contribution in [0.4, 0.5) is 13.2 Å². The predicted octanol–water partition coefficient (Wildman–Crippen LogP) is 4.08. The lowest BCUT2D eigenvalue weighted by Gasteiger charge is -2.10. The molecule has 0 heterocycles. The molecule has 18 heavy (non-hydrogen) atoms. The maximum absolute atomic E-state index is 12.1. The van der Waals surface area contributed by atoms with Gasteiger partial charge in [0.1, 0.15) is 5.75 Å². The molecule has 0 unspecified atom stereocenters. The number of aliphatic imine (C=N–C) groups is 1. The quantitative estimate of drug-likeness (QED) is 0.748. The van der Waals surface area contributed by atoms with E-state index >= 15 is 0 Å². The van der Waals surface area contributed by atoms with Gasteiger partial charge < -0.3 is 4.74 Å². The second-order valence-electron chi connectivity index (χ2n) is 3.77. The molecule has 0 fully saturated rings. The summed E-state index contributed by atoms with van der Waals surface area (Å²) in [6.07, 6.45) is -2.87. The number of halogens is 3. The average molecular weight is 257 g/mol. The molecule has 2 nitrogen and oxygen atoms in total. The van der Waals surface area contributed by atoms with E-state index in [1.54, 1.807) is 26.1 Å². The van der Waals surface area contributed by atoms with E-state index in [1.165, 1.54) is 18.2 Å². The number of allylic oxidation sites excluding steroid dienone is 2. The Hall–Kier alpha value is -1.78. The van der Waals surface area contributed by atoms with Crippen LogP contribution in [0.25, 0.3) is 5.57 Å². The molecule has 0 aliphatic carbocycles. The molecule has 1 rings (SSSR count). The van der Waals surface area contributed by atoms with E-state index < -0.39 is 6.36 Å². The van der Waals surface area contributed by atoms with Crippen molar-refractivity contribution in [2.45, 2.75) is 20.2 Å². The monoisotopic (exact) mass is 257 g/mol. The van der Waals surface area contributed by atoms with Crippen molar-refractivity contribution >= 4 is 11.3 Å². The topological polar surface area (TPSA) is 21.6 Å². The Morgan fingerprint density at radius 2 is 1.94 bits per heavy atom. The highest BCUT2D eigenvalue weighted by Crippen LogP contribution is 2.25. The van der Waals surface area contributed by atoms with Crippen molar-refractivity contribution in [2.75, 3.05) is 7.05 Å². The van der Waals surface area contributed by atoms with E-state index in [2.05, 4.69) is 9.73 Å². The molecule has 0 saturated carbocycles. The first kappa shape index (κ1) is 14.3. The number of alkyl halides is 3. The SMILES string of the molecule is CN=C(C)/C=C(/C)c1cccc(OC(F)(F)F)c1. The standard InChI is InChI=1S/C13H14F3NO/c1-9(7-10(2)17-3)11-5-4-6-12(8-11)18-13(14,15)16/h4-8H,1-3H3/b9-7-,17-10?. The van der Waals surface area contributed by atoms with Gasteiger partial charge in [0, 0.05) is 12.8 Å². The fourth-order valence-corrected chi connectivity index (χ4v) is 1.40. The van der Waals surface area contributed by atoms with Crippen LogP contribution in [0, 0.1) is 0 Å². The van der Waals surface area contributed by atoms with Gasteiger partial charge in [0.25, 0.3) is 0 Å². The van der Waals surface area contributed by atoms with Crippen LogP contribution in [0.5, 0.6) is 5.75 Å². The van der Waals surface area contributed by atoms with Gasteiger partial charge >= 0.3 is 6.36 Å². The van der Waals surface area contributed by atoms with Gasteiger partial charge in [-0.25, -0.2) is 0 Å². The van der Waals surface area contributed by atoms with E-state index in [0.29, 0.717) is 5.56 Å². The summed E-state index contributed by atoms with van der Waals surface area (Å²) in [6.45, 7) is 3.63.